The van der Waals surface area contributed by atoms with Crippen molar-refractivity contribution in [1.29, 1.82) is 0 Å². The lowest BCUT2D eigenvalue weighted by atomic mass is 10.0. The number of rotatable bonds is 4. The first-order valence-electron chi connectivity index (χ1n) is 8.44. The fraction of sp³-hybridized carbons (Fsp3) is 0.368. The maximum atomic E-state index is 13.3. The molecule has 0 N–H and O–H groups in total. The van der Waals surface area contributed by atoms with Crippen LogP contribution in [0.5, 0.6) is 5.75 Å². The van der Waals surface area contributed by atoms with Crippen LogP contribution in [0.4, 0.5) is 0 Å². The Balaban J connectivity index is 2.01. The van der Waals surface area contributed by atoms with E-state index in [1.807, 2.05) is 24.3 Å². The number of nitrogens with zero attached hydrogens (tertiary/aromatic N) is 1. The van der Waals surface area contributed by atoms with Crippen LogP contribution in [0.3, 0.4) is 0 Å². The zero-order chi connectivity index (χ0) is 17.9. The van der Waals surface area contributed by atoms with E-state index >= 15 is 0 Å². The van der Waals surface area contributed by atoms with Crippen molar-refractivity contribution in [3.8, 4) is 5.75 Å². The Morgan fingerprint density at radius 1 is 1.04 bits per heavy atom. The van der Waals surface area contributed by atoms with Crippen LogP contribution in [0, 0.1) is 0 Å². The van der Waals surface area contributed by atoms with Gasteiger partial charge in [0.15, 0.2) is 0 Å². The molecular formula is C19H22ClNO3S. The van der Waals surface area contributed by atoms with Gasteiger partial charge in [-0.05, 0) is 48.7 Å². The third-order valence-corrected chi connectivity index (χ3v) is 6.90. The second-order valence-corrected chi connectivity index (χ2v) is 8.48. The summed E-state index contributed by atoms with van der Waals surface area (Å²) in [5.74, 6) is 0.637. The Morgan fingerprint density at radius 2 is 1.76 bits per heavy atom. The minimum Gasteiger partial charge on any atom is -0.497 e. The minimum absolute atomic E-state index is 0.233. The first-order chi connectivity index (χ1) is 12.0. The molecule has 0 aliphatic carbocycles. The first-order valence-corrected chi connectivity index (χ1v) is 10.3. The Labute approximate surface area is 154 Å². The summed E-state index contributed by atoms with van der Waals surface area (Å²) in [6.07, 6.45) is 3.65. The summed E-state index contributed by atoms with van der Waals surface area (Å²) in [4.78, 5) is 0.284. The van der Waals surface area contributed by atoms with E-state index in [9.17, 15) is 8.42 Å². The maximum absolute atomic E-state index is 13.3. The van der Waals surface area contributed by atoms with Crippen molar-refractivity contribution in [3.05, 3.63) is 59.1 Å². The number of ether oxygens (including phenoxy) is 1. The van der Waals surface area contributed by atoms with E-state index in [4.69, 9.17) is 16.3 Å². The van der Waals surface area contributed by atoms with E-state index in [-0.39, 0.29) is 10.9 Å². The standard InChI is InChI=1S/C19H22ClNO3S/c1-24-15-10-12-16(13-11-15)25(22,23)21-14-6-2-3-9-19(21)17-7-4-5-8-18(17)20/h4-5,7-8,10-13,19H,2-3,6,9,14H2,1H3/t19-/m1/s1. The van der Waals surface area contributed by atoms with Gasteiger partial charge in [-0.15, -0.1) is 0 Å². The van der Waals surface area contributed by atoms with Crippen LogP contribution >= 0.6 is 11.6 Å². The third kappa shape index (κ3) is 3.84. The summed E-state index contributed by atoms with van der Waals surface area (Å²) < 4.78 is 33.3. The molecule has 0 spiro atoms. The molecule has 2 aromatic rings. The van der Waals surface area contributed by atoms with E-state index in [2.05, 4.69) is 0 Å². The van der Waals surface area contributed by atoms with Gasteiger partial charge in [0.1, 0.15) is 5.75 Å². The molecule has 1 fully saturated rings. The van der Waals surface area contributed by atoms with Gasteiger partial charge in [0.05, 0.1) is 18.0 Å². The first kappa shape index (κ1) is 18.2. The molecule has 1 atom stereocenters. The van der Waals surface area contributed by atoms with E-state index in [1.165, 1.54) is 0 Å². The highest BCUT2D eigenvalue weighted by molar-refractivity contribution is 7.89. The van der Waals surface area contributed by atoms with Gasteiger partial charge in [0.25, 0.3) is 0 Å². The zero-order valence-electron chi connectivity index (χ0n) is 14.2. The van der Waals surface area contributed by atoms with E-state index in [0.717, 1.165) is 31.2 Å². The van der Waals surface area contributed by atoms with Gasteiger partial charge in [-0.2, -0.15) is 4.31 Å². The molecule has 3 rings (SSSR count). The van der Waals surface area contributed by atoms with Crippen LogP contribution in [0.1, 0.15) is 37.3 Å². The van der Waals surface area contributed by atoms with Crippen LogP contribution < -0.4 is 4.74 Å². The van der Waals surface area contributed by atoms with Crippen LogP contribution in [0.25, 0.3) is 0 Å². The van der Waals surface area contributed by atoms with E-state index < -0.39 is 10.0 Å². The molecule has 4 nitrogen and oxygen atoms in total. The van der Waals surface area contributed by atoms with Gasteiger partial charge in [-0.1, -0.05) is 42.6 Å². The smallest absolute Gasteiger partial charge is 0.243 e. The number of hydrogen-bond donors (Lipinski definition) is 0. The van der Waals surface area contributed by atoms with Gasteiger partial charge >= 0.3 is 0 Å². The Kier molecular flexibility index (Phi) is 5.67. The average Bonchev–Trinajstić information content (AvgIpc) is 2.88. The molecule has 0 radical (unpaired) electrons. The number of halogens is 1. The summed E-state index contributed by atoms with van der Waals surface area (Å²) in [6.45, 7) is 0.504. The summed E-state index contributed by atoms with van der Waals surface area (Å²) in [7, 11) is -2.04. The summed E-state index contributed by atoms with van der Waals surface area (Å²) in [6, 6.07) is 13.8. The fourth-order valence-corrected chi connectivity index (χ4v) is 5.24. The molecule has 1 aliphatic rings. The lowest BCUT2D eigenvalue weighted by Crippen LogP contribution is -2.35. The van der Waals surface area contributed by atoms with Crippen LogP contribution in [-0.2, 0) is 10.0 Å². The zero-order valence-corrected chi connectivity index (χ0v) is 15.8. The molecule has 1 heterocycles. The second-order valence-electron chi connectivity index (χ2n) is 6.18. The number of methoxy groups -OCH3 is 1. The predicted octanol–water partition coefficient (Wildman–Crippen LogP) is 4.65. The molecule has 1 saturated heterocycles. The van der Waals surface area contributed by atoms with E-state index in [1.54, 1.807) is 35.7 Å². The van der Waals surface area contributed by atoms with Crippen molar-refractivity contribution in [2.45, 2.75) is 36.6 Å². The van der Waals surface area contributed by atoms with Gasteiger partial charge < -0.3 is 4.74 Å². The quantitative estimate of drug-likeness (QED) is 0.776. The summed E-state index contributed by atoms with van der Waals surface area (Å²) in [5, 5.41) is 0.615. The predicted molar refractivity (Wildman–Crippen MR) is 99.5 cm³/mol. The van der Waals surface area contributed by atoms with Crippen LogP contribution in [0.15, 0.2) is 53.4 Å². The largest absolute Gasteiger partial charge is 0.497 e. The van der Waals surface area contributed by atoms with Gasteiger partial charge in [-0.25, -0.2) is 8.42 Å². The Morgan fingerprint density at radius 3 is 2.44 bits per heavy atom. The van der Waals surface area contributed by atoms with Crippen LogP contribution in [-0.4, -0.2) is 26.4 Å². The highest BCUT2D eigenvalue weighted by Gasteiger charge is 2.34. The Bertz CT molecular complexity index is 821. The molecule has 0 bridgehead atoms. The van der Waals surface area contributed by atoms with Gasteiger partial charge in [-0.3, -0.25) is 0 Å². The molecule has 25 heavy (non-hydrogen) atoms. The topological polar surface area (TPSA) is 46.6 Å². The van der Waals surface area contributed by atoms with Gasteiger partial charge in [0.2, 0.25) is 10.0 Å². The SMILES string of the molecule is COc1ccc(S(=O)(=O)N2CCCCC[C@@H]2c2ccccc2Cl)cc1. The summed E-state index contributed by atoms with van der Waals surface area (Å²) >= 11 is 6.37. The molecule has 0 amide bonds. The average molecular weight is 380 g/mol. The molecule has 0 unspecified atom stereocenters. The third-order valence-electron chi connectivity index (χ3n) is 4.63. The molecule has 0 aromatic heterocycles. The molecule has 2 aromatic carbocycles. The highest BCUT2D eigenvalue weighted by Crippen LogP contribution is 2.37. The minimum atomic E-state index is -3.61. The van der Waals surface area contributed by atoms with Crippen molar-refractivity contribution < 1.29 is 13.2 Å². The van der Waals surface area contributed by atoms with Crippen molar-refractivity contribution in [2.24, 2.45) is 0 Å². The summed E-state index contributed by atoms with van der Waals surface area (Å²) in [5.41, 5.74) is 0.878. The number of benzene rings is 2. The van der Waals surface area contributed by atoms with Crippen molar-refractivity contribution >= 4 is 21.6 Å². The lowest BCUT2D eigenvalue weighted by molar-refractivity contribution is 0.329. The lowest BCUT2D eigenvalue weighted by Gasteiger charge is -2.30. The number of hydrogen-bond acceptors (Lipinski definition) is 3. The normalized spacial score (nSPS) is 19.4. The van der Waals surface area contributed by atoms with Crippen molar-refractivity contribution in [3.63, 3.8) is 0 Å². The maximum Gasteiger partial charge on any atom is 0.243 e. The van der Waals surface area contributed by atoms with Crippen molar-refractivity contribution in [2.75, 3.05) is 13.7 Å². The Hall–Kier alpha value is -1.56. The molecule has 0 saturated carbocycles. The molecule has 6 heteroatoms. The van der Waals surface area contributed by atoms with Gasteiger partial charge in [0, 0.05) is 11.6 Å². The van der Waals surface area contributed by atoms with E-state index in [0.29, 0.717) is 17.3 Å². The second kappa shape index (κ2) is 7.77. The number of sulfonamides is 1. The fourth-order valence-electron chi connectivity index (χ4n) is 3.31. The highest BCUT2D eigenvalue weighted by atomic mass is 35.5. The van der Waals surface area contributed by atoms with Crippen LogP contribution in [0.2, 0.25) is 5.02 Å². The molecule has 1 aliphatic heterocycles. The van der Waals surface area contributed by atoms with Crippen molar-refractivity contribution in [1.82, 2.24) is 4.31 Å². The molecular weight excluding hydrogens is 358 g/mol. The molecule has 134 valence electrons. The monoisotopic (exact) mass is 379 g/mol.